The van der Waals surface area contributed by atoms with E-state index in [0.29, 0.717) is 6.42 Å². The minimum Gasteiger partial charge on any atom is -0.493 e. The van der Waals surface area contributed by atoms with Crippen molar-refractivity contribution in [3.8, 4) is 22.9 Å². The maximum absolute atomic E-state index is 8.67. The summed E-state index contributed by atoms with van der Waals surface area (Å²) in [6.45, 7) is 1.44. The molecule has 1 aliphatic heterocycles. The average Bonchev–Trinajstić information content (AvgIpc) is 2.56. The van der Waals surface area contributed by atoms with E-state index in [0.717, 1.165) is 25.3 Å². The van der Waals surface area contributed by atoms with E-state index in [2.05, 4.69) is 41.7 Å². The third-order valence-corrected chi connectivity index (χ3v) is 3.78. The van der Waals surface area contributed by atoms with Crippen LogP contribution in [0.1, 0.15) is 24.4 Å². The highest BCUT2D eigenvalue weighted by Gasteiger charge is 2.21. The van der Waals surface area contributed by atoms with Gasteiger partial charge in [0.25, 0.3) is 0 Å². The number of benzene rings is 2. The lowest BCUT2D eigenvalue weighted by Gasteiger charge is -2.27. The van der Waals surface area contributed by atoms with Crippen molar-refractivity contribution in [2.75, 3.05) is 13.2 Å². The summed E-state index contributed by atoms with van der Waals surface area (Å²) in [6, 6.07) is 19.2. The highest BCUT2D eigenvalue weighted by atomic mass is 16.5. The first-order valence-electron chi connectivity index (χ1n) is 7.31. The Morgan fingerprint density at radius 2 is 2.00 bits per heavy atom. The fourth-order valence-electron chi connectivity index (χ4n) is 2.72. The first-order chi connectivity index (χ1) is 10.4. The third kappa shape index (κ3) is 3.07. The predicted molar refractivity (Wildman–Crippen MR) is 83.0 cm³/mol. The van der Waals surface area contributed by atoms with Gasteiger partial charge in [0.15, 0.2) is 0 Å². The van der Waals surface area contributed by atoms with Crippen LogP contribution < -0.4 is 10.1 Å². The molecular formula is C18H18N2O. The van der Waals surface area contributed by atoms with Gasteiger partial charge in [-0.2, -0.15) is 5.26 Å². The van der Waals surface area contributed by atoms with Crippen LogP contribution >= 0.6 is 0 Å². The van der Waals surface area contributed by atoms with E-state index in [1.54, 1.807) is 0 Å². The van der Waals surface area contributed by atoms with E-state index in [1.165, 1.54) is 16.7 Å². The number of rotatable bonds is 4. The maximum Gasteiger partial charge on any atom is 0.124 e. The van der Waals surface area contributed by atoms with Gasteiger partial charge in [0, 0.05) is 31.0 Å². The fourth-order valence-corrected chi connectivity index (χ4v) is 2.72. The fraction of sp³-hybridized carbons (Fsp3) is 0.278. The molecule has 0 aliphatic carbocycles. The minimum absolute atomic E-state index is 0.269. The Morgan fingerprint density at radius 1 is 1.14 bits per heavy atom. The van der Waals surface area contributed by atoms with Crippen LogP contribution in [0.15, 0.2) is 48.5 Å². The number of fused-ring (bicyclic) bond motifs is 1. The number of nitrogens with zero attached hydrogens (tertiary/aromatic N) is 1. The summed E-state index contributed by atoms with van der Waals surface area (Å²) in [5, 5.41) is 12.1. The summed E-state index contributed by atoms with van der Waals surface area (Å²) in [5.74, 6) is 0.954. The Labute approximate surface area is 125 Å². The number of nitriles is 1. The van der Waals surface area contributed by atoms with Gasteiger partial charge in [-0.15, -0.1) is 0 Å². The zero-order chi connectivity index (χ0) is 14.5. The molecule has 1 atom stereocenters. The van der Waals surface area contributed by atoms with Gasteiger partial charge in [-0.25, -0.2) is 0 Å². The Bertz CT molecular complexity index is 646. The monoisotopic (exact) mass is 278 g/mol. The Hall–Kier alpha value is -2.31. The van der Waals surface area contributed by atoms with E-state index >= 15 is 0 Å². The molecule has 0 amide bonds. The molecule has 2 aromatic rings. The van der Waals surface area contributed by atoms with E-state index in [4.69, 9.17) is 10.00 Å². The lowest BCUT2D eigenvalue weighted by atomic mass is 9.95. The van der Waals surface area contributed by atoms with Crippen LogP contribution in [0.2, 0.25) is 0 Å². The number of nitrogens with one attached hydrogen (secondary N) is 1. The topological polar surface area (TPSA) is 45.0 Å². The highest BCUT2D eigenvalue weighted by molar-refractivity contribution is 5.66. The summed E-state index contributed by atoms with van der Waals surface area (Å²) in [6.07, 6.45) is 1.47. The highest BCUT2D eigenvalue weighted by Crippen LogP contribution is 2.35. The summed E-state index contributed by atoms with van der Waals surface area (Å²) >= 11 is 0. The Morgan fingerprint density at radius 3 is 2.81 bits per heavy atom. The molecule has 1 heterocycles. The van der Waals surface area contributed by atoms with E-state index in [9.17, 15) is 0 Å². The van der Waals surface area contributed by atoms with Crippen molar-refractivity contribution in [1.29, 1.82) is 5.26 Å². The molecule has 0 fully saturated rings. The summed E-state index contributed by atoms with van der Waals surface area (Å²) < 4.78 is 5.75. The Kier molecular flexibility index (Phi) is 4.18. The van der Waals surface area contributed by atoms with Gasteiger partial charge in [0.2, 0.25) is 0 Å². The predicted octanol–water partition coefficient (Wildman–Crippen LogP) is 3.68. The van der Waals surface area contributed by atoms with Crippen molar-refractivity contribution in [3.63, 3.8) is 0 Å². The number of hydrogen-bond donors (Lipinski definition) is 1. The molecule has 2 aromatic carbocycles. The summed E-state index contributed by atoms with van der Waals surface area (Å²) in [4.78, 5) is 0. The van der Waals surface area contributed by atoms with Gasteiger partial charge in [0.1, 0.15) is 5.75 Å². The molecule has 0 saturated carbocycles. The van der Waals surface area contributed by atoms with E-state index < -0.39 is 0 Å². The standard InChI is InChI=1S/C18H18N2O/c19-10-4-11-20-17-9-12-21-18-8-7-15(13-16(17)18)14-5-2-1-3-6-14/h1-3,5-8,13,17,20H,4,9,11-12H2/t17-/m1/s1. The molecule has 0 saturated heterocycles. The largest absolute Gasteiger partial charge is 0.493 e. The van der Waals surface area contributed by atoms with Gasteiger partial charge in [-0.3, -0.25) is 0 Å². The van der Waals surface area contributed by atoms with Crippen LogP contribution in [0.3, 0.4) is 0 Å². The zero-order valence-electron chi connectivity index (χ0n) is 11.9. The molecule has 0 spiro atoms. The normalized spacial score (nSPS) is 16.6. The molecule has 106 valence electrons. The van der Waals surface area contributed by atoms with Crippen LogP contribution in [-0.2, 0) is 0 Å². The van der Waals surface area contributed by atoms with Gasteiger partial charge in [0.05, 0.1) is 12.7 Å². The molecular weight excluding hydrogens is 260 g/mol. The van der Waals surface area contributed by atoms with E-state index in [-0.39, 0.29) is 6.04 Å². The van der Waals surface area contributed by atoms with Gasteiger partial charge in [-0.1, -0.05) is 36.4 Å². The summed E-state index contributed by atoms with van der Waals surface area (Å²) in [5.41, 5.74) is 3.61. The molecule has 21 heavy (non-hydrogen) atoms. The molecule has 3 heteroatoms. The number of ether oxygens (including phenoxy) is 1. The van der Waals surface area contributed by atoms with Crippen LogP contribution in [0.4, 0.5) is 0 Å². The quantitative estimate of drug-likeness (QED) is 0.868. The molecule has 3 nitrogen and oxygen atoms in total. The van der Waals surface area contributed by atoms with Crippen LogP contribution in [0, 0.1) is 11.3 Å². The zero-order valence-corrected chi connectivity index (χ0v) is 11.9. The van der Waals surface area contributed by atoms with Crippen LogP contribution in [-0.4, -0.2) is 13.2 Å². The molecule has 0 bridgehead atoms. The molecule has 1 aliphatic rings. The SMILES string of the molecule is N#CCCN[C@@H]1CCOc2ccc(-c3ccccc3)cc21. The third-order valence-electron chi connectivity index (χ3n) is 3.78. The van der Waals surface area contributed by atoms with Gasteiger partial charge in [-0.05, 0) is 23.3 Å². The first kappa shape index (κ1) is 13.7. The van der Waals surface area contributed by atoms with Gasteiger partial charge >= 0.3 is 0 Å². The first-order valence-corrected chi connectivity index (χ1v) is 7.31. The van der Waals surface area contributed by atoms with Crippen molar-refractivity contribution in [2.24, 2.45) is 0 Å². The number of hydrogen-bond acceptors (Lipinski definition) is 3. The molecule has 0 aromatic heterocycles. The second-order valence-corrected chi connectivity index (χ2v) is 5.17. The van der Waals surface area contributed by atoms with Crippen LogP contribution in [0.25, 0.3) is 11.1 Å². The molecule has 3 rings (SSSR count). The molecule has 0 unspecified atom stereocenters. The smallest absolute Gasteiger partial charge is 0.124 e. The second kappa shape index (κ2) is 6.43. The minimum atomic E-state index is 0.269. The van der Waals surface area contributed by atoms with Crippen molar-refractivity contribution in [3.05, 3.63) is 54.1 Å². The molecule has 1 N–H and O–H groups in total. The van der Waals surface area contributed by atoms with Crippen molar-refractivity contribution in [2.45, 2.75) is 18.9 Å². The Balaban J connectivity index is 1.88. The second-order valence-electron chi connectivity index (χ2n) is 5.17. The average molecular weight is 278 g/mol. The van der Waals surface area contributed by atoms with E-state index in [1.807, 2.05) is 18.2 Å². The lowest BCUT2D eigenvalue weighted by Crippen LogP contribution is -2.27. The van der Waals surface area contributed by atoms with Gasteiger partial charge < -0.3 is 10.1 Å². The summed E-state index contributed by atoms with van der Waals surface area (Å²) in [7, 11) is 0. The molecule has 0 radical (unpaired) electrons. The van der Waals surface area contributed by atoms with Crippen molar-refractivity contribution >= 4 is 0 Å². The van der Waals surface area contributed by atoms with Crippen molar-refractivity contribution in [1.82, 2.24) is 5.32 Å². The lowest BCUT2D eigenvalue weighted by molar-refractivity contribution is 0.253. The maximum atomic E-state index is 8.67. The van der Waals surface area contributed by atoms with Crippen molar-refractivity contribution < 1.29 is 4.74 Å². The van der Waals surface area contributed by atoms with Crippen LogP contribution in [0.5, 0.6) is 5.75 Å².